The van der Waals surface area contributed by atoms with Crippen molar-refractivity contribution in [1.29, 1.82) is 0 Å². The highest BCUT2D eigenvalue weighted by molar-refractivity contribution is 7.91. The van der Waals surface area contributed by atoms with Gasteiger partial charge in [-0.1, -0.05) is 47.5 Å². The van der Waals surface area contributed by atoms with Crippen molar-refractivity contribution in [3.05, 3.63) is 75.5 Å². The highest BCUT2D eigenvalue weighted by atomic mass is 32.2. The molecular formula is C21H19NO3S2. The van der Waals surface area contributed by atoms with Crippen LogP contribution in [0.5, 0.6) is 0 Å². The summed E-state index contributed by atoms with van der Waals surface area (Å²) in [4.78, 5) is 13.6. The van der Waals surface area contributed by atoms with Crippen LogP contribution in [0.25, 0.3) is 0 Å². The van der Waals surface area contributed by atoms with Crippen LogP contribution in [-0.4, -0.2) is 14.3 Å². The van der Waals surface area contributed by atoms with Gasteiger partial charge in [0.15, 0.2) is 0 Å². The Morgan fingerprint density at radius 1 is 0.963 bits per heavy atom. The number of carbonyl (C=O) groups excluding carboxylic acids is 1. The van der Waals surface area contributed by atoms with Crippen molar-refractivity contribution in [2.45, 2.75) is 36.0 Å². The van der Waals surface area contributed by atoms with Crippen molar-refractivity contribution < 1.29 is 13.2 Å². The van der Waals surface area contributed by atoms with E-state index in [-0.39, 0.29) is 21.6 Å². The number of benzene rings is 2. The monoisotopic (exact) mass is 397 g/mol. The Kier molecular flexibility index (Phi) is 4.40. The summed E-state index contributed by atoms with van der Waals surface area (Å²) >= 11 is 1.39. The number of nitrogens with one attached hydrogen (secondary N) is 1. The fourth-order valence-electron chi connectivity index (χ4n) is 3.31. The summed E-state index contributed by atoms with van der Waals surface area (Å²) in [6.07, 6.45) is 0.320. The van der Waals surface area contributed by atoms with Gasteiger partial charge in [-0.05, 0) is 31.5 Å². The number of sulfone groups is 1. The number of aryl methyl sites for hydroxylation is 2. The molecule has 2 aromatic carbocycles. The maximum atomic E-state index is 13.1. The van der Waals surface area contributed by atoms with Crippen molar-refractivity contribution in [1.82, 2.24) is 0 Å². The highest BCUT2D eigenvalue weighted by Crippen LogP contribution is 2.45. The topological polar surface area (TPSA) is 63.2 Å². The predicted octanol–water partition coefficient (Wildman–Crippen LogP) is 4.67. The number of carbonyl (C=O) groups is 1. The van der Waals surface area contributed by atoms with Crippen molar-refractivity contribution in [3.63, 3.8) is 0 Å². The average Bonchev–Trinajstić information content (AvgIpc) is 3.06. The van der Waals surface area contributed by atoms with Crippen molar-refractivity contribution in [2.24, 2.45) is 0 Å². The molecule has 4 rings (SSSR count). The largest absolute Gasteiger partial charge is 0.324 e. The van der Waals surface area contributed by atoms with E-state index in [2.05, 4.69) is 5.32 Å². The molecule has 138 valence electrons. The lowest BCUT2D eigenvalue weighted by molar-refractivity contribution is -0.116. The third-order valence-electron chi connectivity index (χ3n) is 4.86. The molecule has 1 aromatic heterocycles. The predicted molar refractivity (Wildman–Crippen MR) is 107 cm³/mol. The summed E-state index contributed by atoms with van der Waals surface area (Å²) in [6, 6.07) is 14.8. The molecule has 0 spiro atoms. The number of hydrogen-bond donors (Lipinski definition) is 1. The first-order valence-corrected chi connectivity index (χ1v) is 11.0. The maximum Gasteiger partial charge on any atom is 0.225 e. The normalized spacial score (nSPS) is 16.7. The Hall–Kier alpha value is -2.44. The molecule has 1 aliphatic heterocycles. The quantitative estimate of drug-likeness (QED) is 0.698. The van der Waals surface area contributed by atoms with Gasteiger partial charge in [-0.2, -0.15) is 0 Å². The summed E-state index contributed by atoms with van der Waals surface area (Å²) in [5, 5.41) is 4.44. The van der Waals surface area contributed by atoms with Gasteiger partial charge in [0.1, 0.15) is 4.90 Å². The fraction of sp³-hybridized carbons (Fsp3) is 0.190. The van der Waals surface area contributed by atoms with Crippen LogP contribution in [0.2, 0.25) is 0 Å². The van der Waals surface area contributed by atoms with Gasteiger partial charge in [0.25, 0.3) is 0 Å². The van der Waals surface area contributed by atoms with Crippen LogP contribution in [0.3, 0.4) is 0 Å². The molecule has 6 heteroatoms. The van der Waals surface area contributed by atoms with Gasteiger partial charge in [-0.25, -0.2) is 8.42 Å². The minimum Gasteiger partial charge on any atom is -0.324 e. The third kappa shape index (κ3) is 3.19. The van der Waals surface area contributed by atoms with Crippen LogP contribution in [-0.2, 0) is 14.6 Å². The van der Waals surface area contributed by atoms with E-state index < -0.39 is 9.84 Å². The van der Waals surface area contributed by atoms with E-state index in [4.69, 9.17) is 0 Å². The van der Waals surface area contributed by atoms with Gasteiger partial charge >= 0.3 is 0 Å². The van der Waals surface area contributed by atoms with Crippen LogP contribution in [0, 0.1) is 13.8 Å². The van der Waals surface area contributed by atoms with E-state index in [9.17, 15) is 13.2 Å². The minimum atomic E-state index is -3.69. The zero-order chi connectivity index (χ0) is 19.2. The van der Waals surface area contributed by atoms with Crippen LogP contribution >= 0.6 is 11.3 Å². The fourth-order valence-corrected chi connectivity index (χ4v) is 6.22. The first-order chi connectivity index (χ1) is 12.9. The summed E-state index contributed by atoms with van der Waals surface area (Å²) in [5.74, 6) is -0.284. The first kappa shape index (κ1) is 17.9. The molecule has 0 bridgehead atoms. The van der Waals surface area contributed by atoms with E-state index >= 15 is 0 Å². The van der Waals surface area contributed by atoms with E-state index in [1.165, 1.54) is 11.3 Å². The molecule has 1 amide bonds. The van der Waals surface area contributed by atoms with Gasteiger partial charge in [0.05, 0.1) is 10.6 Å². The van der Waals surface area contributed by atoms with E-state index in [1.807, 2.05) is 38.1 Å². The molecule has 0 saturated heterocycles. The molecule has 27 heavy (non-hydrogen) atoms. The second kappa shape index (κ2) is 6.62. The zero-order valence-electron chi connectivity index (χ0n) is 15.0. The standard InChI is InChI=1S/C21H19NO3S2/c1-13-3-7-15(8-4-13)17-11-19(23)22-20-18(12-26-21(17)20)27(24,25)16-9-5-14(2)6-10-16/h3-10,12,17H,11H2,1-2H3,(H,22,23)/t17-/m0/s1. The molecule has 3 aromatic rings. The van der Waals surface area contributed by atoms with Gasteiger partial charge in [-0.3, -0.25) is 4.79 Å². The maximum absolute atomic E-state index is 13.1. The number of thiophene rings is 1. The zero-order valence-corrected chi connectivity index (χ0v) is 16.7. The summed E-state index contributed by atoms with van der Waals surface area (Å²) in [5.41, 5.74) is 3.60. The Labute approximate surface area is 162 Å². The van der Waals surface area contributed by atoms with Crippen molar-refractivity contribution in [2.75, 3.05) is 5.32 Å². The Bertz CT molecular complexity index is 1110. The molecule has 1 aliphatic rings. The molecule has 0 aliphatic carbocycles. The van der Waals surface area contributed by atoms with Crippen molar-refractivity contribution in [3.8, 4) is 0 Å². The summed E-state index contributed by atoms with van der Waals surface area (Å²) < 4.78 is 26.3. The van der Waals surface area contributed by atoms with Gasteiger partial charge in [0, 0.05) is 22.6 Å². The van der Waals surface area contributed by atoms with Crippen LogP contribution in [0.1, 0.15) is 33.9 Å². The molecular weight excluding hydrogens is 378 g/mol. The first-order valence-electron chi connectivity index (χ1n) is 8.66. The third-order valence-corrected chi connectivity index (χ3v) is 7.90. The molecule has 0 saturated carbocycles. The van der Waals surface area contributed by atoms with Gasteiger partial charge in [-0.15, -0.1) is 11.3 Å². The number of hydrogen-bond acceptors (Lipinski definition) is 4. The number of anilines is 1. The lowest BCUT2D eigenvalue weighted by Crippen LogP contribution is -2.23. The number of amides is 1. The summed E-state index contributed by atoms with van der Waals surface area (Å²) in [6.45, 7) is 3.93. The Balaban J connectivity index is 1.82. The molecule has 1 atom stereocenters. The van der Waals surface area contributed by atoms with Crippen LogP contribution in [0.4, 0.5) is 5.69 Å². The lowest BCUT2D eigenvalue weighted by atomic mass is 9.90. The second-order valence-corrected chi connectivity index (χ2v) is 9.70. The molecule has 2 heterocycles. The lowest BCUT2D eigenvalue weighted by Gasteiger charge is -2.24. The molecule has 4 nitrogen and oxygen atoms in total. The van der Waals surface area contributed by atoms with Crippen molar-refractivity contribution >= 4 is 32.8 Å². The van der Waals surface area contributed by atoms with Crippen LogP contribution in [0.15, 0.2) is 63.7 Å². The average molecular weight is 398 g/mol. The van der Waals surface area contributed by atoms with E-state index in [1.54, 1.807) is 29.6 Å². The van der Waals surface area contributed by atoms with Crippen LogP contribution < -0.4 is 5.32 Å². The highest BCUT2D eigenvalue weighted by Gasteiger charge is 2.34. The minimum absolute atomic E-state index is 0.124. The molecule has 0 unspecified atom stereocenters. The molecule has 0 radical (unpaired) electrons. The smallest absolute Gasteiger partial charge is 0.225 e. The van der Waals surface area contributed by atoms with E-state index in [0.717, 1.165) is 21.6 Å². The SMILES string of the molecule is Cc1ccc([C@@H]2CC(=O)Nc3c(S(=O)(=O)c4ccc(C)cc4)csc32)cc1. The number of fused-ring (bicyclic) bond motifs is 1. The molecule has 0 fully saturated rings. The van der Waals surface area contributed by atoms with Gasteiger partial charge in [0.2, 0.25) is 15.7 Å². The second-order valence-electron chi connectivity index (χ2n) is 6.87. The van der Waals surface area contributed by atoms with E-state index in [0.29, 0.717) is 12.1 Å². The Morgan fingerprint density at radius 3 is 2.19 bits per heavy atom. The Morgan fingerprint density at radius 2 is 1.56 bits per heavy atom. The molecule has 1 N–H and O–H groups in total. The number of rotatable bonds is 3. The summed E-state index contributed by atoms with van der Waals surface area (Å²) in [7, 11) is -3.69. The van der Waals surface area contributed by atoms with Gasteiger partial charge < -0.3 is 5.32 Å².